The van der Waals surface area contributed by atoms with Gasteiger partial charge in [0, 0.05) is 25.7 Å². The number of unbranched alkanes of at least 4 members (excludes halogenated alkanes) is 40. The molecule has 0 bridgehead atoms. The molecular formula is C80H156O17P2. The van der Waals surface area contributed by atoms with E-state index in [1.807, 2.05) is 0 Å². The first-order chi connectivity index (χ1) is 47.7. The summed E-state index contributed by atoms with van der Waals surface area (Å²) in [6.45, 7) is 14.2. The minimum atomic E-state index is -4.96. The van der Waals surface area contributed by atoms with Crippen LogP contribution in [0, 0.1) is 23.7 Å². The maximum Gasteiger partial charge on any atom is 0.472 e. The first kappa shape index (κ1) is 97.1. The molecule has 17 nitrogen and oxygen atoms in total. The molecule has 0 rings (SSSR count). The van der Waals surface area contributed by atoms with Gasteiger partial charge in [-0.3, -0.25) is 37.3 Å². The Balaban J connectivity index is 5.15. The van der Waals surface area contributed by atoms with Gasteiger partial charge in [0.15, 0.2) is 12.2 Å². The molecule has 0 heterocycles. The number of aliphatic hydroxyl groups excluding tert-OH is 1. The molecule has 0 saturated carbocycles. The zero-order valence-electron chi connectivity index (χ0n) is 65.1. The molecule has 0 aliphatic rings. The standard InChI is InChI=1S/C80H156O17P2/c1-9-71(6)57-49-41-32-28-24-20-16-14-12-13-15-17-22-26-30-34-46-54-62-79(84)96-75(66-90-77(82)60-52-44-38-36-40-48-56-70(4)5)68-94-98(86,87)92-64-74(81)65-93-99(88,89)95-69-76(67-91-78(83)61-53-45-39-37-43-51-59-73(8)11-3)97-80(85)63-55-47-35-31-27-23-19-18-21-25-29-33-42-50-58-72(7)10-2/h70-76,81H,9-69H2,1-8H3,(H,86,87)(H,88,89)/t71?,72?,73?,74-,75-,76-/m1/s1. The number of hydrogen-bond acceptors (Lipinski definition) is 15. The summed E-state index contributed by atoms with van der Waals surface area (Å²) in [5.41, 5.74) is 0. The van der Waals surface area contributed by atoms with Gasteiger partial charge < -0.3 is 33.8 Å². The van der Waals surface area contributed by atoms with E-state index in [2.05, 4.69) is 55.4 Å². The monoisotopic (exact) mass is 1450 g/mol. The average molecular weight is 1450 g/mol. The van der Waals surface area contributed by atoms with Crippen LogP contribution in [0.5, 0.6) is 0 Å². The van der Waals surface area contributed by atoms with Crippen molar-refractivity contribution in [3.8, 4) is 0 Å². The molecule has 5 unspecified atom stereocenters. The van der Waals surface area contributed by atoms with Crippen LogP contribution in [0.25, 0.3) is 0 Å². The van der Waals surface area contributed by atoms with Gasteiger partial charge in [0.1, 0.15) is 19.3 Å². The van der Waals surface area contributed by atoms with Gasteiger partial charge >= 0.3 is 39.5 Å². The topological polar surface area (TPSA) is 237 Å². The van der Waals surface area contributed by atoms with Crippen LogP contribution in [0.15, 0.2) is 0 Å². The quantitative estimate of drug-likeness (QED) is 0.0222. The Morgan fingerprint density at radius 3 is 0.717 bits per heavy atom. The number of phosphoric acid groups is 2. The molecule has 0 aromatic rings. The van der Waals surface area contributed by atoms with Crippen molar-refractivity contribution in [1.82, 2.24) is 0 Å². The summed E-state index contributed by atoms with van der Waals surface area (Å²) in [7, 11) is -9.92. The van der Waals surface area contributed by atoms with Crippen LogP contribution in [0.2, 0.25) is 0 Å². The summed E-state index contributed by atoms with van der Waals surface area (Å²) in [6, 6.07) is 0. The molecule has 99 heavy (non-hydrogen) atoms. The highest BCUT2D eigenvalue weighted by Crippen LogP contribution is 2.45. The maximum absolute atomic E-state index is 13.1. The Hall–Kier alpha value is -1.94. The minimum Gasteiger partial charge on any atom is -0.462 e. The number of carbonyl (C=O) groups excluding carboxylic acids is 4. The zero-order chi connectivity index (χ0) is 73.1. The van der Waals surface area contributed by atoms with Crippen molar-refractivity contribution in [2.75, 3.05) is 39.6 Å². The molecule has 0 spiro atoms. The highest BCUT2D eigenvalue weighted by atomic mass is 31.2. The van der Waals surface area contributed by atoms with E-state index >= 15 is 0 Å². The van der Waals surface area contributed by atoms with Crippen molar-refractivity contribution >= 4 is 39.5 Å². The van der Waals surface area contributed by atoms with Crippen molar-refractivity contribution in [2.45, 2.75) is 427 Å². The van der Waals surface area contributed by atoms with E-state index in [1.54, 1.807) is 0 Å². The number of hydrogen-bond donors (Lipinski definition) is 3. The fourth-order valence-electron chi connectivity index (χ4n) is 12.2. The molecule has 3 N–H and O–H groups in total. The first-order valence-electron chi connectivity index (χ1n) is 41.3. The first-order valence-corrected chi connectivity index (χ1v) is 44.3. The Morgan fingerprint density at radius 1 is 0.283 bits per heavy atom. The Morgan fingerprint density at radius 2 is 0.485 bits per heavy atom. The molecule has 0 saturated heterocycles. The average Bonchev–Trinajstić information content (AvgIpc) is 1.01. The van der Waals surface area contributed by atoms with Crippen LogP contribution in [0.3, 0.4) is 0 Å². The van der Waals surface area contributed by atoms with Crippen molar-refractivity contribution in [3.05, 3.63) is 0 Å². The van der Waals surface area contributed by atoms with Gasteiger partial charge in [-0.1, -0.05) is 357 Å². The van der Waals surface area contributed by atoms with Gasteiger partial charge in [-0.15, -0.1) is 0 Å². The summed E-state index contributed by atoms with van der Waals surface area (Å²) >= 11 is 0. The molecular weight excluding hydrogens is 1290 g/mol. The highest BCUT2D eigenvalue weighted by Gasteiger charge is 2.30. The molecule has 0 aromatic heterocycles. The summed E-state index contributed by atoms with van der Waals surface area (Å²) < 4.78 is 68.6. The third-order valence-corrected chi connectivity index (χ3v) is 21.6. The fraction of sp³-hybridized carbons (Fsp3) is 0.950. The molecule has 0 amide bonds. The number of rotatable bonds is 77. The van der Waals surface area contributed by atoms with Crippen LogP contribution in [0.4, 0.5) is 0 Å². The van der Waals surface area contributed by atoms with Gasteiger partial charge in [0.05, 0.1) is 26.4 Å². The van der Waals surface area contributed by atoms with Crippen LogP contribution < -0.4 is 0 Å². The summed E-state index contributed by atoms with van der Waals surface area (Å²) in [5, 5.41) is 10.6. The lowest BCUT2D eigenvalue weighted by molar-refractivity contribution is -0.161. The smallest absolute Gasteiger partial charge is 0.462 e. The second kappa shape index (κ2) is 69.1. The van der Waals surface area contributed by atoms with Crippen LogP contribution in [-0.4, -0.2) is 96.7 Å². The molecule has 19 heteroatoms. The molecule has 0 fully saturated rings. The van der Waals surface area contributed by atoms with Crippen LogP contribution >= 0.6 is 15.6 Å². The third-order valence-electron chi connectivity index (χ3n) is 19.7. The number of aliphatic hydroxyl groups is 1. The van der Waals surface area contributed by atoms with Gasteiger partial charge in [-0.25, -0.2) is 9.13 Å². The molecule has 0 radical (unpaired) electrons. The summed E-state index contributed by atoms with van der Waals surface area (Å²) in [4.78, 5) is 72.9. The van der Waals surface area contributed by atoms with E-state index in [-0.39, 0.29) is 25.7 Å². The van der Waals surface area contributed by atoms with Crippen LogP contribution in [0.1, 0.15) is 409 Å². The van der Waals surface area contributed by atoms with E-state index in [4.69, 9.17) is 37.0 Å². The van der Waals surface area contributed by atoms with Gasteiger partial charge in [-0.2, -0.15) is 0 Å². The van der Waals surface area contributed by atoms with Gasteiger partial charge in [0.2, 0.25) is 0 Å². The largest absolute Gasteiger partial charge is 0.472 e. The molecule has 0 aliphatic heterocycles. The predicted molar refractivity (Wildman–Crippen MR) is 404 cm³/mol. The van der Waals surface area contributed by atoms with Crippen molar-refractivity contribution in [1.29, 1.82) is 0 Å². The lowest BCUT2D eigenvalue weighted by Crippen LogP contribution is -2.30. The normalized spacial score (nSPS) is 14.9. The van der Waals surface area contributed by atoms with E-state index < -0.39 is 97.5 Å². The minimum absolute atomic E-state index is 0.106. The van der Waals surface area contributed by atoms with E-state index in [9.17, 15) is 43.2 Å². The Bertz CT molecular complexity index is 1940. The predicted octanol–water partition coefficient (Wildman–Crippen LogP) is 23.6. The molecule has 8 atom stereocenters. The van der Waals surface area contributed by atoms with E-state index in [0.717, 1.165) is 120 Å². The van der Waals surface area contributed by atoms with Crippen molar-refractivity contribution < 1.29 is 80.2 Å². The van der Waals surface area contributed by atoms with Crippen molar-refractivity contribution in [3.63, 3.8) is 0 Å². The number of esters is 4. The third kappa shape index (κ3) is 70.2. The van der Waals surface area contributed by atoms with Gasteiger partial charge in [-0.05, 0) is 49.4 Å². The lowest BCUT2D eigenvalue weighted by Gasteiger charge is -2.21. The number of carbonyl (C=O) groups is 4. The van der Waals surface area contributed by atoms with Crippen LogP contribution in [-0.2, 0) is 65.4 Å². The second-order valence-corrected chi connectivity index (χ2v) is 32.9. The maximum atomic E-state index is 13.1. The summed E-state index contributed by atoms with van der Waals surface area (Å²) in [6.07, 6.45) is 55.7. The second-order valence-electron chi connectivity index (χ2n) is 30.0. The SMILES string of the molecule is CCC(C)CCCCCCCCCCCCCCCCCCCCC(=O)O[C@H](COC(=O)CCCCCCCCC(C)C)COP(=O)(O)OC[C@@H](O)COP(=O)(O)OC[C@@H](COC(=O)CCCCCCCCC(C)CC)OC(=O)CCCCCCCCCCCCCCCCC(C)CC. The van der Waals surface area contributed by atoms with Gasteiger partial charge in [0.25, 0.3) is 0 Å². The molecule has 0 aliphatic carbocycles. The fourth-order valence-corrected chi connectivity index (χ4v) is 13.7. The van der Waals surface area contributed by atoms with E-state index in [1.165, 1.54) is 199 Å². The Labute approximate surface area is 607 Å². The molecule has 588 valence electrons. The van der Waals surface area contributed by atoms with Crippen molar-refractivity contribution in [2.24, 2.45) is 23.7 Å². The number of ether oxygens (including phenoxy) is 4. The zero-order valence-corrected chi connectivity index (χ0v) is 66.9. The lowest BCUT2D eigenvalue weighted by atomic mass is 9.99. The highest BCUT2D eigenvalue weighted by molar-refractivity contribution is 7.47. The molecule has 0 aromatic carbocycles. The number of phosphoric ester groups is 2. The summed E-state index contributed by atoms with van der Waals surface area (Å²) in [5.74, 6) is 1.01. The Kier molecular flexibility index (Phi) is 67.8. The van der Waals surface area contributed by atoms with E-state index in [0.29, 0.717) is 31.6 Å².